The minimum atomic E-state index is -3.15. The summed E-state index contributed by atoms with van der Waals surface area (Å²) in [6.45, 7) is 0.556. The van der Waals surface area contributed by atoms with Crippen LogP contribution in [0.1, 0.15) is 50.2 Å². The molecule has 182 valence electrons. The Morgan fingerprint density at radius 3 is 2.65 bits per heavy atom. The van der Waals surface area contributed by atoms with Gasteiger partial charge in [0.1, 0.15) is 12.1 Å². The highest BCUT2D eigenvalue weighted by atomic mass is 19.3. The molecule has 6 atom stereocenters. The Balaban J connectivity index is 1.56. The van der Waals surface area contributed by atoms with Crippen molar-refractivity contribution in [3.05, 3.63) is 35.9 Å². The number of hydrogen-bond acceptors (Lipinski definition) is 5. The average Bonchev–Trinajstić information content (AvgIpc) is 2.83. The Bertz CT molecular complexity index is 983. The quantitative estimate of drug-likeness (QED) is 0.579. The van der Waals surface area contributed by atoms with Crippen LogP contribution in [-0.4, -0.2) is 58.3 Å². The van der Waals surface area contributed by atoms with E-state index in [2.05, 4.69) is 10.6 Å². The molecule has 1 aromatic rings. The molecule has 3 aliphatic heterocycles. The van der Waals surface area contributed by atoms with Crippen molar-refractivity contribution in [2.45, 2.75) is 68.7 Å². The van der Waals surface area contributed by atoms with E-state index in [1.807, 2.05) is 6.07 Å². The number of nitrogens with zero attached hydrogens (tertiary/aromatic N) is 2. The molecule has 2 bridgehead atoms. The number of rotatable bonds is 6. The predicted octanol–water partition coefficient (Wildman–Crippen LogP) is 1.66. The van der Waals surface area contributed by atoms with Gasteiger partial charge in [0.2, 0.25) is 11.8 Å². The van der Waals surface area contributed by atoms with Gasteiger partial charge in [-0.1, -0.05) is 30.3 Å². The number of piperidine rings is 3. The zero-order valence-corrected chi connectivity index (χ0v) is 18.6. The lowest BCUT2D eigenvalue weighted by Crippen LogP contribution is -2.69. The lowest BCUT2D eigenvalue weighted by atomic mass is 9.71. The summed E-state index contributed by atoms with van der Waals surface area (Å²) in [5.41, 5.74) is 0.304. The monoisotopic (exact) mass is 474 g/mol. The van der Waals surface area contributed by atoms with Gasteiger partial charge >= 0.3 is 0 Å². The minimum Gasteiger partial charge on any atom is -0.378 e. The summed E-state index contributed by atoms with van der Waals surface area (Å²) >= 11 is 0. The number of aliphatic hydroxyl groups is 1. The first-order valence-electron chi connectivity index (χ1n) is 11.6. The topological polar surface area (TPSA) is 123 Å². The zero-order chi connectivity index (χ0) is 24.5. The van der Waals surface area contributed by atoms with Crippen LogP contribution in [0, 0.1) is 23.2 Å². The summed E-state index contributed by atoms with van der Waals surface area (Å²) in [6.07, 6.45) is -0.419. The molecular weight excluding hydrogens is 446 g/mol. The number of fused-ring (bicyclic) bond motifs is 3. The van der Waals surface area contributed by atoms with Crippen molar-refractivity contribution < 1.29 is 28.3 Å². The molecular formula is C24H28F2N4O4. The second-order valence-corrected chi connectivity index (χ2v) is 9.36. The van der Waals surface area contributed by atoms with Crippen LogP contribution >= 0.6 is 0 Å². The minimum absolute atomic E-state index is 0.0587. The first-order chi connectivity index (χ1) is 16.2. The predicted molar refractivity (Wildman–Crippen MR) is 116 cm³/mol. The summed E-state index contributed by atoms with van der Waals surface area (Å²) in [5.74, 6) is -6.89. The normalized spacial score (nSPS) is 29.5. The van der Waals surface area contributed by atoms with Crippen molar-refractivity contribution in [2.75, 3.05) is 6.54 Å². The SMILES string of the molecule is N#C[C@@H](C[C@@H]1CCCNC1=O)NC(=O)[C@@H]1[C@@H]2CC[C@@H](CC2(F)F)N1C(=O)[C@@H](O)c1ccccc1. The third-order valence-corrected chi connectivity index (χ3v) is 7.20. The van der Waals surface area contributed by atoms with E-state index < -0.39 is 60.2 Å². The van der Waals surface area contributed by atoms with Crippen molar-refractivity contribution in [3.63, 3.8) is 0 Å². The fourth-order valence-corrected chi connectivity index (χ4v) is 5.49. The van der Waals surface area contributed by atoms with E-state index in [-0.39, 0.29) is 18.7 Å². The molecule has 1 saturated carbocycles. The summed E-state index contributed by atoms with van der Waals surface area (Å²) in [4.78, 5) is 39.7. The second-order valence-electron chi connectivity index (χ2n) is 9.36. The van der Waals surface area contributed by atoms with E-state index in [4.69, 9.17) is 0 Å². The van der Waals surface area contributed by atoms with Crippen LogP contribution in [0.15, 0.2) is 30.3 Å². The van der Waals surface area contributed by atoms with Crippen LogP contribution in [0.25, 0.3) is 0 Å². The molecule has 8 nitrogen and oxygen atoms in total. The molecule has 1 aliphatic carbocycles. The molecule has 34 heavy (non-hydrogen) atoms. The molecule has 0 radical (unpaired) electrons. The van der Waals surface area contributed by atoms with Crippen molar-refractivity contribution >= 4 is 17.7 Å². The lowest BCUT2D eigenvalue weighted by Gasteiger charge is -2.54. The van der Waals surface area contributed by atoms with Crippen molar-refractivity contribution in [2.24, 2.45) is 11.8 Å². The van der Waals surface area contributed by atoms with Crippen LogP contribution in [0.4, 0.5) is 8.78 Å². The number of halogens is 2. The van der Waals surface area contributed by atoms with Gasteiger partial charge in [-0.3, -0.25) is 14.4 Å². The highest BCUT2D eigenvalue weighted by Crippen LogP contribution is 2.49. The average molecular weight is 475 g/mol. The fraction of sp³-hybridized carbons (Fsp3) is 0.583. The van der Waals surface area contributed by atoms with Gasteiger partial charge in [-0.05, 0) is 37.7 Å². The standard InChI is InChI=1S/C24H28F2N4O4/c25-24(26)12-17-8-9-18(24)19(30(17)23(34)20(31)14-5-2-1-3-6-14)22(33)29-16(13-27)11-15-7-4-10-28-21(15)32/h1-3,5-6,15-20,31H,4,7-12H2,(H,28,32)(H,29,33)/t15-,16+,17-,18-,19-,20-/m0/s1. The third-order valence-electron chi connectivity index (χ3n) is 7.20. The molecule has 4 aliphatic rings. The molecule has 1 aromatic carbocycles. The van der Waals surface area contributed by atoms with Crippen LogP contribution < -0.4 is 10.6 Å². The van der Waals surface area contributed by atoms with Gasteiger partial charge in [-0.25, -0.2) is 8.78 Å². The Morgan fingerprint density at radius 1 is 1.26 bits per heavy atom. The molecule has 0 unspecified atom stereocenters. The van der Waals surface area contributed by atoms with Crippen molar-refractivity contribution in [3.8, 4) is 6.07 Å². The van der Waals surface area contributed by atoms with Gasteiger partial charge in [0.15, 0.2) is 6.10 Å². The van der Waals surface area contributed by atoms with Crippen molar-refractivity contribution in [1.82, 2.24) is 15.5 Å². The van der Waals surface area contributed by atoms with Crippen LogP contribution in [0.2, 0.25) is 0 Å². The summed E-state index contributed by atoms with van der Waals surface area (Å²) < 4.78 is 29.6. The van der Waals surface area contributed by atoms with E-state index in [0.29, 0.717) is 24.9 Å². The number of alkyl halides is 2. The maximum absolute atomic E-state index is 14.8. The summed E-state index contributed by atoms with van der Waals surface area (Å²) in [6, 6.07) is 6.58. The Morgan fingerprint density at radius 2 is 2.00 bits per heavy atom. The number of aliphatic hydroxyl groups excluding tert-OH is 1. The van der Waals surface area contributed by atoms with Crippen LogP contribution in [0.3, 0.4) is 0 Å². The molecule has 3 N–H and O–H groups in total. The number of carbonyl (C=O) groups excluding carboxylic acids is 3. The maximum atomic E-state index is 14.8. The van der Waals surface area contributed by atoms with E-state index in [9.17, 15) is 33.5 Å². The van der Waals surface area contributed by atoms with Gasteiger partial charge in [0.25, 0.3) is 11.8 Å². The number of amides is 3. The Hall–Kier alpha value is -3.06. The van der Waals surface area contributed by atoms with Gasteiger partial charge in [-0.15, -0.1) is 0 Å². The summed E-state index contributed by atoms with van der Waals surface area (Å²) in [5, 5.41) is 25.5. The fourth-order valence-electron chi connectivity index (χ4n) is 5.49. The molecule has 4 fully saturated rings. The highest BCUT2D eigenvalue weighted by molar-refractivity contribution is 5.91. The van der Waals surface area contributed by atoms with E-state index >= 15 is 0 Å². The highest BCUT2D eigenvalue weighted by Gasteiger charge is 2.61. The number of nitriles is 1. The van der Waals surface area contributed by atoms with E-state index in [1.54, 1.807) is 30.3 Å². The molecule has 3 saturated heterocycles. The summed E-state index contributed by atoms with van der Waals surface area (Å²) in [7, 11) is 0. The van der Waals surface area contributed by atoms with Gasteiger partial charge in [-0.2, -0.15) is 5.26 Å². The Labute approximate surface area is 196 Å². The van der Waals surface area contributed by atoms with E-state index in [0.717, 1.165) is 11.3 Å². The third kappa shape index (κ3) is 4.62. The first kappa shape index (κ1) is 24.1. The molecule has 3 amide bonds. The number of nitrogens with one attached hydrogen (secondary N) is 2. The van der Waals surface area contributed by atoms with Crippen LogP contribution in [-0.2, 0) is 14.4 Å². The number of benzene rings is 1. The molecule has 0 aromatic heterocycles. The second kappa shape index (κ2) is 9.66. The molecule has 0 spiro atoms. The maximum Gasteiger partial charge on any atom is 0.256 e. The van der Waals surface area contributed by atoms with Gasteiger partial charge in [0, 0.05) is 24.9 Å². The smallest absolute Gasteiger partial charge is 0.256 e. The Kier molecular flexibility index (Phi) is 6.84. The zero-order valence-electron chi connectivity index (χ0n) is 18.6. The molecule has 3 heterocycles. The van der Waals surface area contributed by atoms with Gasteiger partial charge in [0.05, 0.1) is 12.0 Å². The van der Waals surface area contributed by atoms with Crippen molar-refractivity contribution in [1.29, 1.82) is 5.26 Å². The number of carbonyl (C=O) groups is 3. The molecule has 10 heteroatoms. The largest absolute Gasteiger partial charge is 0.378 e. The number of hydrogen-bond donors (Lipinski definition) is 3. The van der Waals surface area contributed by atoms with Crippen LogP contribution in [0.5, 0.6) is 0 Å². The molecule has 5 rings (SSSR count). The first-order valence-corrected chi connectivity index (χ1v) is 11.6. The lowest BCUT2D eigenvalue weighted by molar-refractivity contribution is -0.198. The van der Waals surface area contributed by atoms with Gasteiger partial charge < -0.3 is 20.6 Å². The van der Waals surface area contributed by atoms with E-state index in [1.165, 1.54) is 0 Å².